The summed E-state index contributed by atoms with van der Waals surface area (Å²) in [5, 5.41) is 0. The van der Waals surface area contributed by atoms with E-state index in [2.05, 4.69) is 16.7 Å². The largest absolute Gasteiger partial charge is 0.497 e. The van der Waals surface area contributed by atoms with Crippen LogP contribution in [-0.4, -0.2) is 68.8 Å². The van der Waals surface area contributed by atoms with Crippen LogP contribution in [0.1, 0.15) is 37.1 Å². The quantitative estimate of drug-likeness (QED) is 0.464. The summed E-state index contributed by atoms with van der Waals surface area (Å²) in [5.74, 6) is 0.540. The zero-order valence-electron chi connectivity index (χ0n) is 20.1. The number of hydrogen-bond donors (Lipinski definition) is 0. The highest BCUT2D eigenvalue weighted by atomic mass is 35.5. The first kappa shape index (κ1) is 28.4. The number of halogens is 2. The van der Waals surface area contributed by atoms with Crippen molar-refractivity contribution in [2.45, 2.75) is 37.5 Å². The normalized spacial score (nSPS) is 23.2. The molecular weight excluding hydrogens is 475 g/mol. The fourth-order valence-corrected chi connectivity index (χ4v) is 4.76. The van der Waals surface area contributed by atoms with E-state index in [1.807, 2.05) is 54.6 Å². The van der Waals surface area contributed by atoms with Gasteiger partial charge in [0.2, 0.25) is 0 Å². The second kappa shape index (κ2) is 12.8. The number of benzene rings is 2. The minimum Gasteiger partial charge on any atom is -0.497 e. The van der Waals surface area contributed by atoms with Crippen LogP contribution in [0.15, 0.2) is 54.6 Å². The predicted molar refractivity (Wildman–Crippen MR) is 138 cm³/mol. The fraction of sp³-hybridized carbons (Fsp3) is 0.500. The van der Waals surface area contributed by atoms with E-state index in [-0.39, 0.29) is 36.9 Å². The zero-order valence-corrected chi connectivity index (χ0v) is 21.8. The lowest BCUT2D eigenvalue weighted by Crippen LogP contribution is -2.49. The molecule has 6 nitrogen and oxygen atoms in total. The molecule has 0 aromatic heterocycles. The number of methoxy groups -OCH3 is 2. The summed E-state index contributed by atoms with van der Waals surface area (Å²) in [4.78, 5) is 18.4. The Hall–Kier alpha value is -1.83. The van der Waals surface area contributed by atoms with E-state index in [0.717, 1.165) is 56.0 Å². The van der Waals surface area contributed by atoms with Crippen LogP contribution >= 0.6 is 24.8 Å². The fourth-order valence-electron chi connectivity index (χ4n) is 4.76. The molecule has 0 spiro atoms. The number of nitrogens with zero attached hydrogens (tertiary/aromatic N) is 2. The van der Waals surface area contributed by atoms with E-state index in [9.17, 15) is 4.79 Å². The first-order chi connectivity index (χ1) is 15.6. The van der Waals surface area contributed by atoms with Crippen molar-refractivity contribution >= 4 is 30.8 Å². The minimum atomic E-state index is -0.766. The van der Waals surface area contributed by atoms with Crippen molar-refractivity contribution in [3.63, 3.8) is 0 Å². The van der Waals surface area contributed by atoms with Gasteiger partial charge in [-0.2, -0.15) is 0 Å². The van der Waals surface area contributed by atoms with E-state index in [1.54, 1.807) is 14.2 Å². The van der Waals surface area contributed by atoms with Crippen molar-refractivity contribution in [3.8, 4) is 5.75 Å². The molecule has 188 valence electrons. The van der Waals surface area contributed by atoms with Gasteiger partial charge in [0.1, 0.15) is 11.2 Å². The summed E-state index contributed by atoms with van der Waals surface area (Å²) in [6.07, 6.45) is 1.20. The number of piperazine rings is 1. The molecule has 0 bridgehead atoms. The number of carbonyl (C=O) groups is 1. The van der Waals surface area contributed by atoms with Gasteiger partial charge in [-0.3, -0.25) is 9.69 Å². The van der Waals surface area contributed by atoms with Crippen LogP contribution in [0.3, 0.4) is 0 Å². The Kier molecular flexibility index (Phi) is 10.7. The number of ether oxygens (including phenoxy) is 3. The third-order valence-corrected chi connectivity index (χ3v) is 6.73. The van der Waals surface area contributed by atoms with Crippen molar-refractivity contribution in [1.29, 1.82) is 0 Å². The van der Waals surface area contributed by atoms with Gasteiger partial charge < -0.3 is 19.1 Å². The Morgan fingerprint density at radius 3 is 2.18 bits per heavy atom. The number of carbonyl (C=O) groups excluding carboxylic acids is 1. The first-order valence-electron chi connectivity index (χ1n) is 11.5. The van der Waals surface area contributed by atoms with Gasteiger partial charge in [-0.1, -0.05) is 49.4 Å². The summed E-state index contributed by atoms with van der Waals surface area (Å²) in [6.45, 7) is 7.03. The summed E-state index contributed by atoms with van der Waals surface area (Å²) in [5.41, 5.74) is 1.15. The molecule has 1 saturated heterocycles. The molecule has 8 heteroatoms. The molecule has 0 radical (unpaired) electrons. The second-order valence-corrected chi connectivity index (χ2v) is 8.67. The molecule has 2 fully saturated rings. The third kappa shape index (κ3) is 5.86. The Labute approximate surface area is 215 Å². The van der Waals surface area contributed by atoms with Gasteiger partial charge in [0.25, 0.3) is 0 Å². The monoisotopic (exact) mass is 510 g/mol. The maximum absolute atomic E-state index is 13.7. The smallest absolute Gasteiger partial charge is 0.321 e. The van der Waals surface area contributed by atoms with Crippen LogP contribution in [-0.2, 0) is 19.7 Å². The predicted octanol–water partition coefficient (Wildman–Crippen LogP) is 4.46. The molecule has 0 N–H and O–H groups in total. The van der Waals surface area contributed by atoms with Crippen molar-refractivity contribution < 1.29 is 19.0 Å². The molecule has 2 aliphatic rings. The zero-order chi connectivity index (χ0) is 22.6. The molecule has 2 aromatic rings. The molecule has 1 aliphatic heterocycles. The first-order valence-corrected chi connectivity index (χ1v) is 11.5. The molecular formula is C26H36Cl2N2O4. The van der Waals surface area contributed by atoms with E-state index in [1.165, 1.54) is 0 Å². The van der Waals surface area contributed by atoms with Gasteiger partial charge in [0.15, 0.2) is 6.23 Å². The highest BCUT2D eigenvalue weighted by Crippen LogP contribution is 2.52. The third-order valence-electron chi connectivity index (χ3n) is 6.73. The average molecular weight is 511 g/mol. The summed E-state index contributed by atoms with van der Waals surface area (Å²) in [6, 6.07) is 17.7. The van der Waals surface area contributed by atoms with Gasteiger partial charge in [0, 0.05) is 38.9 Å². The Balaban J connectivity index is 0.00000204. The van der Waals surface area contributed by atoms with Crippen LogP contribution in [0.2, 0.25) is 0 Å². The van der Waals surface area contributed by atoms with E-state index in [0.29, 0.717) is 6.42 Å². The molecule has 1 saturated carbocycles. The Morgan fingerprint density at radius 1 is 1.00 bits per heavy atom. The van der Waals surface area contributed by atoms with Crippen molar-refractivity contribution in [2.24, 2.45) is 0 Å². The summed E-state index contributed by atoms with van der Waals surface area (Å²) in [7, 11) is 3.30. The Morgan fingerprint density at radius 2 is 1.65 bits per heavy atom. The van der Waals surface area contributed by atoms with Crippen molar-refractivity contribution in [2.75, 3.05) is 46.9 Å². The van der Waals surface area contributed by atoms with Gasteiger partial charge in [-0.15, -0.1) is 24.8 Å². The number of rotatable bonds is 9. The summed E-state index contributed by atoms with van der Waals surface area (Å²) >= 11 is 0. The lowest BCUT2D eigenvalue weighted by molar-refractivity contribution is -0.166. The summed E-state index contributed by atoms with van der Waals surface area (Å²) < 4.78 is 17.2. The van der Waals surface area contributed by atoms with Crippen LogP contribution < -0.4 is 4.74 Å². The SMILES string of the molecule is CCCN1CCN(C(OC(=O)[C@]2(c3ccc(OC)cc3)C[C@@H]2OC)c2ccccc2)CC1.Cl.Cl. The molecule has 3 atom stereocenters. The highest BCUT2D eigenvalue weighted by molar-refractivity contribution is 5.88. The van der Waals surface area contributed by atoms with E-state index >= 15 is 0 Å². The molecule has 1 heterocycles. The number of hydrogen-bond acceptors (Lipinski definition) is 6. The van der Waals surface area contributed by atoms with Crippen LogP contribution in [0, 0.1) is 0 Å². The molecule has 34 heavy (non-hydrogen) atoms. The van der Waals surface area contributed by atoms with Crippen LogP contribution in [0.4, 0.5) is 0 Å². The molecule has 1 unspecified atom stereocenters. The second-order valence-electron chi connectivity index (χ2n) is 8.67. The van der Waals surface area contributed by atoms with Crippen LogP contribution in [0.5, 0.6) is 5.75 Å². The average Bonchev–Trinajstić information content (AvgIpc) is 3.60. The Bertz CT molecular complexity index is 891. The van der Waals surface area contributed by atoms with Gasteiger partial charge in [0.05, 0.1) is 13.2 Å². The van der Waals surface area contributed by atoms with Crippen molar-refractivity contribution in [1.82, 2.24) is 9.80 Å². The maximum Gasteiger partial charge on any atom is 0.321 e. The van der Waals surface area contributed by atoms with E-state index in [4.69, 9.17) is 14.2 Å². The van der Waals surface area contributed by atoms with Crippen LogP contribution in [0.25, 0.3) is 0 Å². The lowest BCUT2D eigenvalue weighted by Gasteiger charge is -2.39. The molecule has 2 aromatic carbocycles. The molecule has 0 amide bonds. The van der Waals surface area contributed by atoms with Gasteiger partial charge >= 0.3 is 5.97 Å². The number of esters is 1. The van der Waals surface area contributed by atoms with Gasteiger partial charge in [-0.05, 0) is 37.1 Å². The lowest BCUT2D eigenvalue weighted by atomic mass is 9.95. The minimum absolute atomic E-state index is 0. The molecule has 4 rings (SSSR count). The molecule has 1 aliphatic carbocycles. The van der Waals surface area contributed by atoms with Crippen molar-refractivity contribution in [3.05, 3.63) is 65.7 Å². The maximum atomic E-state index is 13.7. The standard InChI is InChI=1S/C26H34N2O4.2ClH/c1-4-14-27-15-17-28(18-16-27)24(20-8-6-5-7-9-20)32-25(29)26(19-23(26)31-3)21-10-12-22(30-2)13-11-21;;/h5-13,23-24H,4,14-19H2,1-3H3;2*1H/t23-,24?,26-;;/m0../s1. The van der Waals surface area contributed by atoms with Gasteiger partial charge in [-0.25, -0.2) is 0 Å². The van der Waals surface area contributed by atoms with E-state index < -0.39 is 11.6 Å². The highest BCUT2D eigenvalue weighted by Gasteiger charge is 2.64. The topological polar surface area (TPSA) is 51.2 Å².